The molecule has 0 atom stereocenters. The highest BCUT2D eigenvalue weighted by molar-refractivity contribution is 5.85. The van der Waals surface area contributed by atoms with Crippen LogP contribution in [0.4, 0.5) is 0 Å². The van der Waals surface area contributed by atoms with Crippen molar-refractivity contribution in [3.05, 3.63) is 29.1 Å². The molecule has 0 fully saturated rings. The Labute approximate surface area is 96.4 Å². The third-order valence-electron chi connectivity index (χ3n) is 2.57. The van der Waals surface area contributed by atoms with Crippen LogP contribution in [0.3, 0.4) is 0 Å². The SMILES string of the molecule is Cc1cc(/C=C/C(=O)O)c(C)n1CC(C)C. The van der Waals surface area contributed by atoms with Crippen molar-refractivity contribution < 1.29 is 9.90 Å². The minimum Gasteiger partial charge on any atom is -0.478 e. The van der Waals surface area contributed by atoms with Crippen molar-refractivity contribution in [3.8, 4) is 0 Å². The van der Waals surface area contributed by atoms with E-state index in [2.05, 4.69) is 18.4 Å². The minimum absolute atomic E-state index is 0.584. The molecule has 0 saturated heterocycles. The van der Waals surface area contributed by atoms with Crippen LogP contribution < -0.4 is 0 Å². The van der Waals surface area contributed by atoms with Gasteiger partial charge in [-0.05, 0) is 37.5 Å². The van der Waals surface area contributed by atoms with Gasteiger partial charge in [-0.2, -0.15) is 0 Å². The van der Waals surface area contributed by atoms with Gasteiger partial charge in [-0.15, -0.1) is 0 Å². The van der Waals surface area contributed by atoms with Crippen LogP contribution in [0, 0.1) is 19.8 Å². The van der Waals surface area contributed by atoms with E-state index in [1.54, 1.807) is 6.08 Å². The van der Waals surface area contributed by atoms with Gasteiger partial charge in [0.15, 0.2) is 0 Å². The van der Waals surface area contributed by atoms with Gasteiger partial charge in [0.2, 0.25) is 0 Å². The van der Waals surface area contributed by atoms with Crippen molar-refractivity contribution >= 4 is 12.0 Å². The van der Waals surface area contributed by atoms with E-state index in [0.29, 0.717) is 5.92 Å². The number of carboxylic acids is 1. The maximum absolute atomic E-state index is 10.5. The van der Waals surface area contributed by atoms with E-state index < -0.39 is 5.97 Å². The van der Waals surface area contributed by atoms with Crippen LogP contribution in [0.15, 0.2) is 12.1 Å². The first-order valence-electron chi connectivity index (χ1n) is 5.49. The lowest BCUT2D eigenvalue weighted by molar-refractivity contribution is -0.131. The van der Waals surface area contributed by atoms with Gasteiger partial charge in [0, 0.05) is 24.0 Å². The Kier molecular flexibility index (Phi) is 3.93. The summed E-state index contributed by atoms with van der Waals surface area (Å²) in [6, 6.07) is 2.02. The molecule has 0 radical (unpaired) electrons. The number of rotatable bonds is 4. The standard InChI is InChI=1S/C13H19NO2/c1-9(2)8-14-10(3)7-12(11(14)4)5-6-13(15)16/h5-7,9H,8H2,1-4H3,(H,15,16)/b6-5+. The largest absolute Gasteiger partial charge is 0.478 e. The fourth-order valence-electron chi connectivity index (χ4n) is 1.80. The molecular formula is C13H19NO2. The number of hydrogen-bond acceptors (Lipinski definition) is 1. The molecule has 1 aromatic rings. The second kappa shape index (κ2) is 5.01. The Hall–Kier alpha value is -1.51. The average molecular weight is 221 g/mol. The number of aryl methyl sites for hydroxylation is 1. The van der Waals surface area contributed by atoms with Crippen LogP contribution in [0.1, 0.15) is 30.8 Å². The summed E-state index contributed by atoms with van der Waals surface area (Å²) in [5.41, 5.74) is 3.29. The van der Waals surface area contributed by atoms with E-state index in [9.17, 15) is 4.79 Å². The van der Waals surface area contributed by atoms with Gasteiger partial charge in [-0.25, -0.2) is 4.79 Å². The monoisotopic (exact) mass is 221 g/mol. The van der Waals surface area contributed by atoms with Crippen molar-refractivity contribution in [1.29, 1.82) is 0 Å². The fourth-order valence-corrected chi connectivity index (χ4v) is 1.80. The summed E-state index contributed by atoms with van der Waals surface area (Å²) in [6.07, 6.45) is 2.84. The fraction of sp³-hybridized carbons (Fsp3) is 0.462. The van der Waals surface area contributed by atoms with Crippen molar-refractivity contribution in [1.82, 2.24) is 4.57 Å². The molecule has 1 heterocycles. The van der Waals surface area contributed by atoms with E-state index in [-0.39, 0.29) is 0 Å². The summed E-state index contributed by atoms with van der Waals surface area (Å²) in [7, 11) is 0. The predicted molar refractivity (Wildman–Crippen MR) is 65.4 cm³/mol. The lowest BCUT2D eigenvalue weighted by atomic mass is 10.2. The third-order valence-corrected chi connectivity index (χ3v) is 2.57. The van der Waals surface area contributed by atoms with E-state index in [1.807, 2.05) is 19.9 Å². The highest BCUT2D eigenvalue weighted by Gasteiger charge is 2.08. The number of nitrogens with zero attached hydrogens (tertiary/aromatic N) is 1. The van der Waals surface area contributed by atoms with Gasteiger partial charge < -0.3 is 9.67 Å². The molecule has 16 heavy (non-hydrogen) atoms. The van der Waals surface area contributed by atoms with Crippen LogP contribution >= 0.6 is 0 Å². The molecule has 1 aromatic heterocycles. The lowest BCUT2D eigenvalue weighted by Gasteiger charge is -2.11. The van der Waals surface area contributed by atoms with Crippen LogP contribution in [0.5, 0.6) is 0 Å². The highest BCUT2D eigenvalue weighted by Crippen LogP contribution is 2.18. The Balaban J connectivity index is 3.01. The Morgan fingerprint density at radius 3 is 2.62 bits per heavy atom. The lowest BCUT2D eigenvalue weighted by Crippen LogP contribution is -2.07. The Morgan fingerprint density at radius 2 is 2.12 bits per heavy atom. The van der Waals surface area contributed by atoms with Crippen molar-refractivity contribution in [2.75, 3.05) is 0 Å². The van der Waals surface area contributed by atoms with E-state index >= 15 is 0 Å². The summed E-state index contributed by atoms with van der Waals surface area (Å²) < 4.78 is 2.23. The van der Waals surface area contributed by atoms with Crippen LogP contribution in [-0.4, -0.2) is 15.6 Å². The molecule has 1 N–H and O–H groups in total. The zero-order chi connectivity index (χ0) is 12.3. The van der Waals surface area contributed by atoms with Crippen molar-refractivity contribution in [3.63, 3.8) is 0 Å². The molecule has 3 nitrogen and oxygen atoms in total. The average Bonchev–Trinajstić information content (AvgIpc) is 2.42. The molecule has 0 bridgehead atoms. The number of carbonyl (C=O) groups is 1. The van der Waals surface area contributed by atoms with E-state index in [0.717, 1.165) is 17.8 Å². The Morgan fingerprint density at radius 1 is 1.50 bits per heavy atom. The van der Waals surface area contributed by atoms with Gasteiger partial charge in [-0.1, -0.05) is 13.8 Å². The van der Waals surface area contributed by atoms with Crippen LogP contribution in [0.2, 0.25) is 0 Å². The molecular weight excluding hydrogens is 202 g/mol. The van der Waals surface area contributed by atoms with E-state index in [4.69, 9.17) is 5.11 Å². The van der Waals surface area contributed by atoms with Gasteiger partial charge in [0.25, 0.3) is 0 Å². The molecule has 1 rings (SSSR count). The number of hydrogen-bond donors (Lipinski definition) is 1. The van der Waals surface area contributed by atoms with Gasteiger partial charge in [0.1, 0.15) is 0 Å². The summed E-state index contributed by atoms with van der Waals surface area (Å²) in [6.45, 7) is 9.39. The molecule has 0 aliphatic heterocycles. The summed E-state index contributed by atoms with van der Waals surface area (Å²) >= 11 is 0. The maximum atomic E-state index is 10.5. The third kappa shape index (κ3) is 2.99. The molecule has 0 spiro atoms. The molecule has 0 aliphatic rings. The first-order chi connectivity index (χ1) is 7.41. The number of carboxylic acid groups (broad SMARTS) is 1. The number of aliphatic carboxylic acids is 1. The van der Waals surface area contributed by atoms with Crippen LogP contribution in [0.25, 0.3) is 6.08 Å². The van der Waals surface area contributed by atoms with Crippen LogP contribution in [-0.2, 0) is 11.3 Å². The van der Waals surface area contributed by atoms with Gasteiger partial charge in [0.05, 0.1) is 0 Å². The molecule has 88 valence electrons. The highest BCUT2D eigenvalue weighted by atomic mass is 16.4. The molecule has 0 unspecified atom stereocenters. The van der Waals surface area contributed by atoms with Crippen molar-refractivity contribution in [2.45, 2.75) is 34.2 Å². The summed E-state index contributed by atoms with van der Waals surface area (Å²) in [5, 5.41) is 8.59. The second-order valence-electron chi connectivity index (χ2n) is 4.50. The summed E-state index contributed by atoms with van der Waals surface area (Å²) in [5.74, 6) is -0.324. The zero-order valence-electron chi connectivity index (χ0n) is 10.3. The topological polar surface area (TPSA) is 42.2 Å². The number of aromatic nitrogens is 1. The zero-order valence-corrected chi connectivity index (χ0v) is 10.3. The molecule has 3 heteroatoms. The smallest absolute Gasteiger partial charge is 0.328 e. The van der Waals surface area contributed by atoms with Gasteiger partial charge >= 0.3 is 5.97 Å². The maximum Gasteiger partial charge on any atom is 0.328 e. The van der Waals surface area contributed by atoms with E-state index in [1.165, 1.54) is 11.8 Å². The summed E-state index contributed by atoms with van der Waals surface area (Å²) in [4.78, 5) is 10.5. The molecule has 0 amide bonds. The predicted octanol–water partition coefficient (Wildman–Crippen LogP) is 2.86. The normalized spacial score (nSPS) is 11.6. The second-order valence-corrected chi connectivity index (χ2v) is 4.50. The Bertz CT molecular complexity index is 414. The first-order valence-corrected chi connectivity index (χ1v) is 5.49. The molecule has 0 aromatic carbocycles. The first kappa shape index (κ1) is 12.6. The van der Waals surface area contributed by atoms with Gasteiger partial charge in [-0.3, -0.25) is 0 Å². The molecule has 0 aliphatic carbocycles. The minimum atomic E-state index is -0.909. The quantitative estimate of drug-likeness (QED) is 0.794. The van der Waals surface area contributed by atoms with Crippen molar-refractivity contribution in [2.24, 2.45) is 5.92 Å². The molecule has 0 saturated carbocycles.